The number of hydrogen-bond donors (Lipinski definition) is 1. The van der Waals surface area contributed by atoms with E-state index >= 15 is 0 Å². The molecule has 3 aromatic carbocycles. The van der Waals surface area contributed by atoms with Crippen LogP contribution >= 0.6 is 11.6 Å². The highest BCUT2D eigenvalue weighted by atomic mass is 35.5. The summed E-state index contributed by atoms with van der Waals surface area (Å²) in [7, 11) is -2.78. The maximum atomic E-state index is 13.2. The number of aromatic nitrogens is 2. The molecule has 0 saturated heterocycles. The van der Waals surface area contributed by atoms with Crippen LogP contribution in [0.15, 0.2) is 84.1 Å². The Hall–Kier alpha value is -4.74. The van der Waals surface area contributed by atoms with Crippen LogP contribution < -0.4 is 4.74 Å². The van der Waals surface area contributed by atoms with Gasteiger partial charge in [-0.25, -0.2) is 18.2 Å². The molecule has 10 nitrogen and oxygen atoms in total. The van der Waals surface area contributed by atoms with Crippen LogP contribution in [0.4, 0.5) is 26.3 Å². The summed E-state index contributed by atoms with van der Waals surface area (Å²) in [5, 5.41) is 7.76. The van der Waals surface area contributed by atoms with E-state index in [2.05, 4.69) is 14.9 Å². The first-order valence-corrected chi connectivity index (χ1v) is 15.0. The van der Waals surface area contributed by atoms with E-state index in [1.807, 2.05) is 0 Å². The predicted octanol–water partition coefficient (Wildman–Crippen LogP) is 6.95. The summed E-state index contributed by atoms with van der Waals surface area (Å²) < 4.78 is 108. The number of rotatable bonds is 7. The lowest BCUT2D eigenvalue weighted by Crippen LogP contribution is -2.27. The zero-order valence-electron chi connectivity index (χ0n) is 24.0. The molecule has 0 radical (unpaired) electrons. The molecule has 4 aromatic rings. The van der Waals surface area contributed by atoms with Crippen molar-refractivity contribution in [1.29, 1.82) is 0 Å². The van der Waals surface area contributed by atoms with Crippen molar-refractivity contribution in [2.75, 3.05) is 13.3 Å². The topological polar surface area (TPSA) is 136 Å². The minimum absolute atomic E-state index is 0.0190. The summed E-state index contributed by atoms with van der Waals surface area (Å²) in [4.78, 5) is 35.4. The normalized spacial score (nSPS) is 11.6. The van der Waals surface area contributed by atoms with E-state index in [0.29, 0.717) is 17.2 Å². The van der Waals surface area contributed by atoms with Crippen molar-refractivity contribution >= 4 is 33.3 Å². The van der Waals surface area contributed by atoms with Crippen LogP contribution in [-0.2, 0) is 33.6 Å². The van der Waals surface area contributed by atoms with Gasteiger partial charge in [0.15, 0.2) is 0 Å². The third kappa shape index (κ3) is 10.4. The van der Waals surface area contributed by atoms with Gasteiger partial charge in [-0.15, -0.1) is 0 Å². The zero-order chi connectivity index (χ0) is 35.2. The van der Waals surface area contributed by atoms with Crippen LogP contribution in [0.2, 0.25) is 5.02 Å². The van der Waals surface area contributed by atoms with Gasteiger partial charge in [-0.2, -0.15) is 36.6 Å². The number of carbonyl (C=O) groups is 2. The van der Waals surface area contributed by atoms with Gasteiger partial charge in [-0.05, 0) is 54.1 Å². The monoisotopic (exact) mass is 705 g/mol. The van der Waals surface area contributed by atoms with E-state index in [1.54, 1.807) is 30.3 Å². The summed E-state index contributed by atoms with van der Waals surface area (Å²) in [6.07, 6.45) is -8.42. The van der Waals surface area contributed by atoms with Crippen LogP contribution in [0, 0.1) is 0 Å². The van der Waals surface area contributed by atoms with E-state index in [0.717, 1.165) is 24.4 Å². The largest absolute Gasteiger partial charge is 0.438 e. The van der Waals surface area contributed by atoms with Gasteiger partial charge in [0, 0.05) is 31.1 Å². The maximum Gasteiger partial charge on any atom is 0.416 e. The summed E-state index contributed by atoms with van der Waals surface area (Å²) in [5.74, 6) is -2.03. The Kier molecular flexibility index (Phi) is 11.6. The number of amides is 1. The number of benzene rings is 3. The minimum atomic E-state index is -5.05. The molecule has 250 valence electrons. The summed E-state index contributed by atoms with van der Waals surface area (Å²) in [6, 6.07) is 14.9. The molecule has 0 aliphatic carbocycles. The highest BCUT2D eigenvalue weighted by molar-refractivity contribution is 7.90. The van der Waals surface area contributed by atoms with E-state index in [9.17, 15) is 44.3 Å². The predicted molar refractivity (Wildman–Crippen MR) is 153 cm³/mol. The highest BCUT2D eigenvalue weighted by Crippen LogP contribution is 2.36. The maximum absolute atomic E-state index is 13.2. The molecule has 0 spiro atoms. The first kappa shape index (κ1) is 36.7. The smallest absolute Gasteiger partial charge is 0.416 e. The molecule has 4 rings (SSSR count). The molecule has 47 heavy (non-hydrogen) atoms. The standard InChI is InChI=1S/C22H17F6N3O4S.C7H5ClO3/c1-31(12-13-8-14(21(23,24)25)10-15(9-13)22(26,27)28)19(32)17-11-29-20(36(2,33)34)30-18(17)35-16-6-4-3-5-7-16;8-6-3-1-2-5(4-6)7(9)11-10/h3-11H,12H2,1-2H3;1-4,10H. The average molecular weight is 706 g/mol. The zero-order valence-corrected chi connectivity index (χ0v) is 25.6. The van der Waals surface area contributed by atoms with Gasteiger partial charge < -0.3 is 9.64 Å². The van der Waals surface area contributed by atoms with Crippen molar-refractivity contribution in [1.82, 2.24) is 14.9 Å². The minimum Gasteiger partial charge on any atom is -0.438 e. The molecule has 0 fully saturated rings. The van der Waals surface area contributed by atoms with Crippen molar-refractivity contribution in [3.63, 3.8) is 0 Å². The number of alkyl halides is 6. The quantitative estimate of drug-likeness (QED) is 0.0938. The van der Waals surface area contributed by atoms with Crippen LogP contribution in [0.25, 0.3) is 0 Å². The Morgan fingerprint density at radius 1 is 0.915 bits per heavy atom. The second-order valence-electron chi connectivity index (χ2n) is 9.52. The molecule has 18 heteroatoms. The average Bonchev–Trinajstić information content (AvgIpc) is 2.99. The molecule has 0 saturated carbocycles. The Morgan fingerprint density at radius 2 is 1.51 bits per heavy atom. The van der Waals surface area contributed by atoms with Crippen LogP contribution in [-0.4, -0.2) is 53.7 Å². The lowest BCUT2D eigenvalue weighted by atomic mass is 10.0. The van der Waals surface area contributed by atoms with Crippen molar-refractivity contribution in [2.45, 2.75) is 24.1 Å². The fraction of sp³-hybridized carbons (Fsp3) is 0.172. The fourth-order valence-electron chi connectivity index (χ4n) is 3.68. The molecule has 0 bridgehead atoms. The number of para-hydroxylation sites is 1. The van der Waals surface area contributed by atoms with Crippen molar-refractivity contribution < 1.29 is 59.2 Å². The van der Waals surface area contributed by atoms with E-state index in [-0.39, 0.29) is 22.9 Å². The van der Waals surface area contributed by atoms with Crippen LogP contribution in [0.1, 0.15) is 37.4 Å². The summed E-state index contributed by atoms with van der Waals surface area (Å²) in [6.45, 7) is -0.648. The molecule has 1 heterocycles. The first-order chi connectivity index (χ1) is 21.8. The number of halogens is 7. The molecular weight excluding hydrogens is 684 g/mol. The second kappa shape index (κ2) is 14.8. The van der Waals surface area contributed by atoms with Gasteiger partial charge in [0.2, 0.25) is 20.9 Å². The molecule has 0 unspecified atom stereocenters. The van der Waals surface area contributed by atoms with Gasteiger partial charge >= 0.3 is 18.3 Å². The third-order valence-corrected chi connectivity index (χ3v) is 6.90. The number of sulfone groups is 1. The molecule has 1 amide bonds. The number of ether oxygens (including phenoxy) is 1. The van der Waals surface area contributed by atoms with Crippen molar-refractivity contribution in [3.05, 3.63) is 112 Å². The number of hydrogen-bond acceptors (Lipinski definition) is 9. The van der Waals surface area contributed by atoms with E-state index in [4.69, 9.17) is 21.6 Å². The van der Waals surface area contributed by atoms with Crippen molar-refractivity contribution in [2.24, 2.45) is 0 Å². The van der Waals surface area contributed by atoms with Gasteiger partial charge in [0.25, 0.3) is 5.91 Å². The molecule has 0 atom stereocenters. The fourth-order valence-corrected chi connectivity index (χ4v) is 4.37. The van der Waals surface area contributed by atoms with Gasteiger partial charge in [-0.1, -0.05) is 35.9 Å². The summed E-state index contributed by atoms with van der Waals surface area (Å²) in [5.41, 5.74) is -3.63. The molecule has 0 aliphatic heterocycles. The van der Waals surface area contributed by atoms with Gasteiger partial charge in [-0.3, -0.25) is 9.68 Å². The van der Waals surface area contributed by atoms with Crippen LogP contribution in [0.3, 0.4) is 0 Å². The summed E-state index contributed by atoms with van der Waals surface area (Å²) >= 11 is 5.56. The van der Waals surface area contributed by atoms with Gasteiger partial charge in [0.1, 0.15) is 11.3 Å². The SMILES string of the molecule is CN(Cc1cc(C(F)(F)F)cc(C(F)(F)F)c1)C(=O)c1cnc(S(C)(=O)=O)nc1Oc1ccccc1.O=C(OO)c1cccc(Cl)c1. The van der Waals surface area contributed by atoms with Gasteiger partial charge in [0.05, 0.1) is 16.7 Å². The second-order valence-corrected chi connectivity index (χ2v) is 11.9. The first-order valence-electron chi connectivity index (χ1n) is 12.7. The van der Waals surface area contributed by atoms with Crippen molar-refractivity contribution in [3.8, 4) is 11.6 Å². The highest BCUT2D eigenvalue weighted by Gasteiger charge is 2.37. The molecule has 0 aliphatic rings. The lowest BCUT2D eigenvalue weighted by Gasteiger charge is -2.20. The Morgan fingerprint density at radius 3 is 2.02 bits per heavy atom. The molecule has 1 N–H and O–H groups in total. The number of carbonyl (C=O) groups excluding carboxylic acids is 2. The van der Waals surface area contributed by atoms with E-state index in [1.165, 1.54) is 24.3 Å². The third-order valence-electron chi connectivity index (χ3n) is 5.81. The van der Waals surface area contributed by atoms with E-state index < -0.39 is 68.3 Å². The lowest BCUT2D eigenvalue weighted by molar-refractivity contribution is -0.182. The molecular formula is C29H22ClF6N3O7S. The van der Waals surface area contributed by atoms with Crippen LogP contribution in [0.5, 0.6) is 11.6 Å². The molecule has 1 aromatic heterocycles. The Balaban J connectivity index is 0.000000461. The Labute approximate surface area is 268 Å². The Bertz CT molecular complexity index is 1830. The number of nitrogens with zero attached hydrogens (tertiary/aromatic N) is 3.